The van der Waals surface area contributed by atoms with Gasteiger partial charge in [-0.05, 0) is 15.9 Å². The van der Waals surface area contributed by atoms with Gasteiger partial charge in [0.15, 0.2) is 0 Å². The topological polar surface area (TPSA) is 37.3 Å². The van der Waals surface area contributed by atoms with E-state index in [-0.39, 0.29) is 30.1 Å². The third-order valence-electron chi connectivity index (χ3n) is 1.42. The first-order valence-electron chi connectivity index (χ1n) is 3.12. The van der Waals surface area contributed by atoms with Gasteiger partial charge in [0.05, 0.1) is 30.1 Å². The van der Waals surface area contributed by atoms with E-state index in [4.69, 9.17) is 51.5 Å². The number of carboxylic acids is 1. The van der Waals surface area contributed by atoms with Gasteiger partial charge in [0, 0.05) is 0 Å². The zero-order valence-corrected chi connectivity index (χ0v) is 10.9. The lowest BCUT2D eigenvalue weighted by Crippen LogP contribution is -2.00. The van der Waals surface area contributed by atoms with E-state index in [0.717, 1.165) is 0 Å². The molecule has 1 N–H and O–H groups in total. The maximum Gasteiger partial charge on any atom is 0.338 e. The fraction of sp³-hybridized carbons (Fsp3) is 0. The van der Waals surface area contributed by atoms with E-state index < -0.39 is 5.97 Å². The minimum absolute atomic E-state index is 0.0264. The largest absolute Gasteiger partial charge is 0.478 e. The minimum Gasteiger partial charge on any atom is -0.478 e. The fourth-order valence-corrected chi connectivity index (χ4v) is 2.43. The molecule has 14 heavy (non-hydrogen) atoms. The van der Waals surface area contributed by atoms with Gasteiger partial charge in [-0.2, -0.15) is 0 Å². The molecular formula is C7HBrCl4O2. The van der Waals surface area contributed by atoms with Crippen molar-refractivity contribution in [2.45, 2.75) is 0 Å². The van der Waals surface area contributed by atoms with Crippen LogP contribution in [0.25, 0.3) is 0 Å². The number of hydrogen-bond acceptors (Lipinski definition) is 1. The summed E-state index contributed by atoms with van der Waals surface area (Å²) in [6.07, 6.45) is 0. The second-order valence-corrected chi connectivity index (χ2v) is 4.55. The maximum atomic E-state index is 10.8. The number of halogens is 5. The average molecular weight is 339 g/mol. The summed E-state index contributed by atoms with van der Waals surface area (Å²) in [5, 5.41) is 8.56. The SMILES string of the molecule is O=C(O)c1c(Cl)c(Cl)c(Br)c(Cl)c1Cl. The van der Waals surface area contributed by atoms with Crippen LogP contribution in [-0.2, 0) is 0 Å². The first kappa shape index (κ1) is 12.4. The average Bonchev–Trinajstić information content (AvgIpc) is 2.11. The highest BCUT2D eigenvalue weighted by Gasteiger charge is 2.22. The molecule has 0 saturated carbocycles. The number of carboxylic acid groups (broad SMARTS) is 1. The number of aromatic carboxylic acids is 1. The molecule has 0 atom stereocenters. The second-order valence-electron chi connectivity index (χ2n) is 2.25. The number of carbonyl (C=O) groups is 1. The normalized spacial score (nSPS) is 10.4. The van der Waals surface area contributed by atoms with Crippen LogP contribution < -0.4 is 0 Å². The van der Waals surface area contributed by atoms with Gasteiger partial charge < -0.3 is 5.11 Å². The van der Waals surface area contributed by atoms with Crippen molar-refractivity contribution in [2.24, 2.45) is 0 Å². The molecule has 76 valence electrons. The maximum absolute atomic E-state index is 10.8. The molecule has 0 heterocycles. The van der Waals surface area contributed by atoms with Crippen molar-refractivity contribution >= 4 is 68.3 Å². The highest BCUT2D eigenvalue weighted by molar-refractivity contribution is 9.10. The summed E-state index contributed by atoms with van der Waals surface area (Å²) in [6, 6.07) is 0. The van der Waals surface area contributed by atoms with Crippen LogP contribution in [0.3, 0.4) is 0 Å². The molecule has 0 amide bonds. The lowest BCUT2D eigenvalue weighted by Gasteiger charge is -2.08. The Kier molecular flexibility index (Phi) is 3.95. The molecule has 0 aliphatic carbocycles. The molecule has 0 aliphatic rings. The summed E-state index contributed by atoms with van der Waals surface area (Å²) >= 11 is 25.8. The molecule has 0 radical (unpaired) electrons. The predicted molar refractivity (Wildman–Crippen MR) is 61.1 cm³/mol. The smallest absolute Gasteiger partial charge is 0.338 e. The summed E-state index contributed by atoms with van der Waals surface area (Å²) in [7, 11) is 0. The Morgan fingerprint density at radius 1 is 1.00 bits per heavy atom. The van der Waals surface area contributed by atoms with E-state index >= 15 is 0 Å². The highest BCUT2D eigenvalue weighted by Crippen LogP contribution is 2.43. The van der Waals surface area contributed by atoms with Crippen LogP contribution >= 0.6 is 62.3 Å². The Labute approximate surface area is 108 Å². The fourth-order valence-electron chi connectivity index (χ4n) is 0.793. The summed E-state index contributed by atoms with van der Waals surface area (Å²) in [5.74, 6) is -1.28. The van der Waals surface area contributed by atoms with E-state index in [2.05, 4.69) is 15.9 Å². The first-order valence-corrected chi connectivity index (χ1v) is 5.43. The van der Waals surface area contributed by atoms with Crippen molar-refractivity contribution in [1.82, 2.24) is 0 Å². The number of hydrogen-bond donors (Lipinski definition) is 1. The zero-order chi connectivity index (χ0) is 11.0. The van der Waals surface area contributed by atoms with Gasteiger partial charge in [-0.3, -0.25) is 0 Å². The molecule has 0 aliphatic heterocycles. The Morgan fingerprint density at radius 3 is 1.64 bits per heavy atom. The van der Waals surface area contributed by atoms with Gasteiger partial charge in [0.1, 0.15) is 0 Å². The highest BCUT2D eigenvalue weighted by atomic mass is 79.9. The van der Waals surface area contributed by atoms with E-state index in [0.29, 0.717) is 0 Å². The number of benzene rings is 1. The summed E-state index contributed by atoms with van der Waals surface area (Å²) < 4.78 is 0.279. The van der Waals surface area contributed by atoms with Gasteiger partial charge in [0.2, 0.25) is 0 Å². The molecule has 7 heteroatoms. The summed E-state index contributed by atoms with van der Waals surface area (Å²) in [4.78, 5) is 10.8. The molecule has 2 nitrogen and oxygen atoms in total. The van der Waals surface area contributed by atoms with Crippen molar-refractivity contribution in [2.75, 3.05) is 0 Å². The van der Waals surface area contributed by atoms with Crippen LogP contribution in [0.5, 0.6) is 0 Å². The molecule has 1 aromatic rings. The second kappa shape index (κ2) is 4.45. The third-order valence-corrected chi connectivity index (χ3v) is 4.38. The van der Waals surface area contributed by atoms with Crippen LogP contribution in [0.2, 0.25) is 20.1 Å². The molecule has 0 fully saturated rings. The molecule has 0 bridgehead atoms. The van der Waals surface area contributed by atoms with Crippen LogP contribution in [0.4, 0.5) is 0 Å². The Morgan fingerprint density at radius 2 is 1.36 bits per heavy atom. The van der Waals surface area contributed by atoms with E-state index in [9.17, 15) is 4.79 Å². The van der Waals surface area contributed by atoms with Crippen LogP contribution in [0.1, 0.15) is 10.4 Å². The molecule has 0 spiro atoms. The Hall–Kier alpha value is 0.330. The van der Waals surface area contributed by atoms with Crippen LogP contribution in [0.15, 0.2) is 4.47 Å². The number of rotatable bonds is 1. The monoisotopic (exact) mass is 336 g/mol. The summed E-state index contributed by atoms with van der Waals surface area (Å²) in [5.41, 5.74) is -0.300. The van der Waals surface area contributed by atoms with Crippen molar-refractivity contribution in [3.8, 4) is 0 Å². The van der Waals surface area contributed by atoms with Crippen molar-refractivity contribution in [1.29, 1.82) is 0 Å². The van der Waals surface area contributed by atoms with E-state index in [1.165, 1.54) is 0 Å². The third kappa shape index (κ3) is 1.97. The lowest BCUT2D eigenvalue weighted by atomic mass is 10.2. The lowest BCUT2D eigenvalue weighted by molar-refractivity contribution is 0.0697. The van der Waals surface area contributed by atoms with E-state index in [1.807, 2.05) is 0 Å². The van der Waals surface area contributed by atoms with Crippen LogP contribution in [-0.4, -0.2) is 11.1 Å². The molecular weight excluding hydrogens is 338 g/mol. The molecule has 0 unspecified atom stereocenters. The Bertz CT molecular complexity index is 390. The van der Waals surface area contributed by atoms with Crippen molar-refractivity contribution in [3.05, 3.63) is 30.1 Å². The predicted octanol–water partition coefficient (Wildman–Crippen LogP) is 4.76. The van der Waals surface area contributed by atoms with Gasteiger partial charge >= 0.3 is 5.97 Å². The molecule has 1 rings (SSSR count). The van der Waals surface area contributed by atoms with Gasteiger partial charge in [-0.15, -0.1) is 0 Å². The van der Waals surface area contributed by atoms with Gasteiger partial charge in [0.25, 0.3) is 0 Å². The molecule has 0 aromatic heterocycles. The molecule has 0 saturated heterocycles. The van der Waals surface area contributed by atoms with E-state index in [1.54, 1.807) is 0 Å². The van der Waals surface area contributed by atoms with Gasteiger partial charge in [-0.1, -0.05) is 46.4 Å². The Balaban J connectivity index is 3.68. The first-order chi connectivity index (χ1) is 6.37. The quantitative estimate of drug-likeness (QED) is 0.592. The standard InChI is InChI=1S/C7HBrCl4O2/c8-2-5(11)3(9)1(7(13)14)4(10)6(2)12/h(H,13,14). The van der Waals surface area contributed by atoms with Gasteiger partial charge in [-0.25, -0.2) is 4.79 Å². The molecule has 1 aromatic carbocycles. The minimum atomic E-state index is -1.28. The zero-order valence-electron chi connectivity index (χ0n) is 6.25. The van der Waals surface area contributed by atoms with Crippen molar-refractivity contribution < 1.29 is 9.90 Å². The van der Waals surface area contributed by atoms with Crippen molar-refractivity contribution in [3.63, 3.8) is 0 Å². The van der Waals surface area contributed by atoms with Crippen LogP contribution in [0, 0.1) is 0 Å². The summed E-state index contributed by atoms with van der Waals surface area (Å²) in [6.45, 7) is 0.